The molecule has 3 rings (SSSR count). The Hall–Kier alpha value is -1.76. The number of sulfone groups is 1. The van der Waals surface area contributed by atoms with Crippen LogP contribution >= 0.6 is 0 Å². The molecule has 0 bridgehead atoms. The average Bonchev–Trinajstić information content (AvgIpc) is 3.15. The average molecular weight is 335 g/mol. The van der Waals surface area contributed by atoms with Crippen LogP contribution in [0.25, 0.3) is 0 Å². The van der Waals surface area contributed by atoms with E-state index < -0.39 is 26.5 Å². The monoisotopic (exact) mass is 335 g/mol. The normalized spacial score (nSPS) is 26.9. The zero-order chi connectivity index (χ0) is 16.7. The molecular weight excluding hydrogens is 317 g/mol. The summed E-state index contributed by atoms with van der Waals surface area (Å²) in [5.41, 5.74) is 6.03. The fourth-order valence-electron chi connectivity index (χ4n) is 3.22. The molecule has 1 saturated carbocycles. The zero-order valence-corrected chi connectivity index (χ0v) is 13.5. The molecule has 0 aliphatic heterocycles. The summed E-state index contributed by atoms with van der Waals surface area (Å²) in [7, 11) is -2.11. The van der Waals surface area contributed by atoms with Crippen LogP contribution in [0, 0.1) is 5.82 Å². The Morgan fingerprint density at radius 1 is 1.13 bits per heavy atom. The second-order valence-corrected chi connectivity index (χ2v) is 7.92. The van der Waals surface area contributed by atoms with Crippen molar-refractivity contribution < 1.29 is 17.5 Å². The van der Waals surface area contributed by atoms with E-state index in [0.717, 1.165) is 0 Å². The molecular formula is C17H18FNO3S. The van der Waals surface area contributed by atoms with E-state index in [1.807, 2.05) is 0 Å². The second kappa shape index (κ2) is 5.70. The Bertz CT molecular complexity index is 792. The summed E-state index contributed by atoms with van der Waals surface area (Å²) >= 11 is 0. The molecule has 0 unspecified atom stereocenters. The predicted octanol–water partition coefficient (Wildman–Crippen LogP) is 2.11. The first-order chi connectivity index (χ1) is 10.9. The summed E-state index contributed by atoms with van der Waals surface area (Å²) in [5.74, 6) is -0.792. The smallest absolute Gasteiger partial charge is 0.183 e. The highest BCUT2D eigenvalue weighted by molar-refractivity contribution is 7.92. The summed E-state index contributed by atoms with van der Waals surface area (Å²) in [5, 5.41) is -0.789. The first-order valence-electron chi connectivity index (χ1n) is 7.23. The third-order valence-electron chi connectivity index (χ3n) is 4.33. The number of methoxy groups -OCH3 is 1. The van der Waals surface area contributed by atoms with Crippen molar-refractivity contribution in [2.45, 2.75) is 21.6 Å². The van der Waals surface area contributed by atoms with Gasteiger partial charge < -0.3 is 10.5 Å². The third kappa shape index (κ3) is 2.67. The largest absolute Gasteiger partial charge is 0.383 e. The fourth-order valence-corrected chi connectivity index (χ4v) is 5.54. The van der Waals surface area contributed by atoms with Crippen LogP contribution in [0.4, 0.5) is 4.39 Å². The van der Waals surface area contributed by atoms with Gasteiger partial charge in [0.2, 0.25) is 0 Å². The summed E-state index contributed by atoms with van der Waals surface area (Å²) < 4.78 is 44.1. The van der Waals surface area contributed by atoms with Gasteiger partial charge in [-0.05, 0) is 29.8 Å². The SMILES string of the molecule is COC[C@]1(N)[C@H](c2ccc(F)cc2)[C@H]1S(=O)(=O)c1ccccc1. The molecule has 2 N–H and O–H groups in total. The van der Waals surface area contributed by atoms with Crippen molar-refractivity contribution in [3.63, 3.8) is 0 Å². The van der Waals surface area contributed by atoms with Crippen LogP contribution < -0.4 is 5.73 Å². The highest BCUT2D eigenvalue weighted by atomic mass is 32.2. The predicted molar refractivity (Wildman–Crippen MR) is 85.4 cm³/mol. The highest BCUT2D eigenvalue weighted by Gasteiger charge is 2.69. The zero-order valence-electron chi connectivity index (χ0n) is 12.6. The minimum Gasteiger partial charge on any atom is -0.383 e. The van der Waals surface area contributed by atoms with Crippen LogP contribution in [0.5, 0.6) is 0 Å². The van der Waals surface area contributed by atoms with Gasteiger partial charge in [-0.2, -0.15) is 0 Å². The number of hydrogen-bond donors (Lipinski definition) is 1. The molecule has 23 heavy (non-hydrogen) atoms. The highest BCUT2D eigenvalue weighted by Crippen LogP contribution is 2.55. The van der Waals surface area contributed by atoms with Gasteiger partial charge in [0.05, 0.1) is 22.3 Å². The fraction of sp³-hybridized carbons (Fsp3) is 0.294. The van der Waals surface area contributed by atoms with Gasteiger partial charge in [0.25, 0.3) is 0 Å². The first-order valence-corrected chi connectivity index (χ1v) is 8.78. The number of nitrogens with two attached hydrogens (primary N) is 1. The van der Waals surface area contributed by atoms with E-state index in [-0.39, 0.29) is 17.3 Å². The lowest BCUT2D eigenvalue weighted by Gasteiger charge is -2.11. The van der Waals surface area contributed by atoms with E-state index in [9.17, 15) is 12.8 Å². The lowest BCUT2D eigenvalue weighted by Crippen LogP contribution is -2.35. The van der Waals surface area contributed by atoms with Gasteiger partial charge >= 0.3 is 0 Å². The second-order valence-electron chi connectivity index (χ2n) is 5.85. The molecule has 2 aromatic rings. The molecule has 6 heteroatoms. The summed E-state index contributed by atoms with van der Waals surface area (Å²) in [4.78, 5) is 0.237. The van der Waals surface area contributed by atoms with Gasteiger partial charge in [-0.15, -0.1) is 0 Å². The topological polar surface area (TPSA) is 69.4 Å². The summed E-state index contributed by atoms with van der Waals surface area (Å²) in [6, 6.07) is 14.0. The van der Waals surface area contributed by atoms with Crippen molar-refractivity contribution in [2.24, 2.45) is 5.73 Å². The maximum Gasteiger partial charge on any atom is 0.183 e. The molecule has 0 amide bonds. The molecule has 1 aliphatic rings. The van der Waals surface area contributed by atoms with Crippen molar-refractivity contribution in [3.8, 4) is 0 Å². The summed E-state index contributed by atoms with van der Waals surface area (Å²) in [6.45, 7) is 0.117. The standard InChI is InChI=1S/C17H18FNO3S/c1-22-11-17(19)15(12-7-9-13(18)10-8-12)16(17)23(20,21)14-5-3-2-4-6-14/h2-10,15-16H,11,19H2,1H3/t15-,16-,17+/m1/s1. The molecule has 2 aromatic carbocycles. The van der Waals surface area contributed by atoms with Gasteiger partial charge in [-0.25, -0.2) is 12.8 Å². The Morgan fingerprint density at radius 2 is 1.74 bits per heavy atom. The van der Waals surface area contributed by atoms with Crippen molar-refractivity contribution in [1.82, 2.24) is 0 Å². The number of halogens is 1. The Kier molecular flexibility index (Phi) is 4.00. The van der Waals surface area contributed by atoms with Crippen LogP contribution in [-0.2, 0) is 14.6 Å². The minimum atomic E-state index is -3.60. The van der Waals surface area contributed by atoms with E-state index in [2.05, 4.69) is 0 Å². The van der Waals surface area contributed by atoms with Gasteiger partial charge in [0.1, 0.15) is 5.82 Å². The van der Waals surface area contributed by atoms with Crippen LogP contribution in [0.15, 0.2) is 59.5 Å². The van der Waals surface area contributed by atoms with Crippen molar-refractivity contribution >= 4 is 9.84 Å². The molecule has 0 heterocycles. The van der Waals surface area contributed by atoms with Gasteiger partial charge in [-0.1, -0.05) is 30.3 Å². The quantitative estimate of drug-likeness (QED) is 0.908. The van der Waals surface area contributed by atoms with Crippen LogP contribution in [0.1, 0.15) is 11.5 Å². The van der Waals surface area contributed by atoms with Crippen molar-refractivity contribution in [2.75, 3.05) is 13.7 Å². The molecule has 0 saturated heterocycles. The number of hydrogen-bond acceptors (Lipinski definition) is 4. The molecule has 0 aromatic heterocycles. The molecule has 122 valence electrons. The number of ether oxygens (including phenoxy) is 1. The third-order valence-corrected chi connectivity index (χ3v) is 6.64. The van der Waals surface area contributed by atoms with E-state index in [0.29, 0.717) is 5.56 Å². The molecule has 0 spiro atoms. The van der Waals surface area contributed by atoms with E-state index >= 15 is 0 Å². The Morgan fingerprint density at radius 3 is 2.30 bits per heavy atom. The Labute approximate surface area is 135 Å². The van der Waals surface area contributed by atoms with E-state index in [4.69, 9.17) is 10.5 Å². The lowest BCUT2D eigenvalue weighted by atomic mass is 10.1. The van der Waals surface area contributed by atoms with Gasteiger partial charge in [0, 0.05) is 13.0 Å². The van der Waals surface area contributed by atoms with Crippen LogP contribution in [-0.4, -0.2) is 32.9 Å². The van der Waals surface area contributed by atoms with E-state index in [1.54, 1.807) is 42.5 Å². The Balaban J connectivity index is 2.01. The summed E-state index contributed by atoms with van der Waals surface area (Å²) in [6.07, 6.45) is 0. The molecule has 4 nitrogen and oxygen atoms in total. The maximum atomic E-state index is 13.1. The molecule has 3 atom stereocenters. The number of benzene rings is 2. The lowest BCUT2D eigenvalue weighted by molar-refractivity contribution is 0.171. The van der Waals surface area contributed by atoms with Crippen molar-refractivity contribution in [1.29, 1.82) is 0 Å². The first kappa shape index (κ1) is 16.1. The van der Waals surface area contributed by atoms with E-state index in [1.165, 1.54) is 19.2 Å². The van der Waals surface area contributed by atoms with Gasteiger partial charge in [0.15, 0.2) is 9.84 Å². The molecule has 1 fully saturated rings. The van der Waals surface area contributed by atoms with Crippen molar-refractivity contribution in [3.05, 3.63) is 66.0 Å². The van der Waals surface area contributed by atoms with Gasteiger partial charge in [-0.3, -0.25) is 0 Å². The minimum absolute atomic E-state index is 0.117. The maximum absolute atomic E-state index is 13.1. The van der Waals surface area contributed by atoms with Crippen LogP contribution in [0.3, 0.4) is 0 Å². The number of rotatable bonds is 5. The molecule has 1 aliphatic carbocycles. The molecule has 0 radical (unpaired) electrons. The van der Waals surface area contributed by atoms with Crippen LogP contribution in [0.2, 0.25) is 0 Å².